The van der Waals surface area contributed by atoms with Crippen LogP contribution < -0.4 is 5.32 Å². The van der Waals surface area contributed by atoms with E-state index in [9.17, 15) is 13.2 Å². The summed E-state index contributed by atoms with van der Waals surface area (Å²) in [6.45, 7) is 7.50. The first-order chi connectivity index (χ1) is 7.87. The number of hydrogen-bond donors (Lipinski definition) is 1. The molecule has 1 N–H and O–H groups in total. The number of nitrogens with one attached hydrogen (secondary N) is 1. The Morgan fingerprint density at radius 1 is 1.24 bits per heavy atom. The van der Waals surface area contributed by atoms with Crippen molar-refractivity contribution in [2.24, 2.45) is 0 Å². The lowest BCUT2D eigenvalue weighted by Gasteiger charge is -2.43. The molecule has 0 bridgehead atoms. The van der Waals surface area contributed by atoms with Gasteiger partial charge in [-0.25, -0.2) is 12.7 Å². The first kappa shape index (κ1) is 12.8. The van der Waals surface area contributed by atoms with E-state index < -0.39 is 14.8 Å². The Balaban J connectivity index is 1.91. The number of rotatable bonds is 3. The fourth-order valence-electron chi connectivity index (χ4n) is 2.14. The molecule has 0 aromatic rings. The van der Waals surface area contributed by atoms with Gasteiger partial charge in [-0.2, -0.15) is 0 Å². The summed E-state index contributed by atoms with van der Waals surface area (Å²) in [5.74, 6) is -0.285. The number of carbonyl (C=O) groups is 1. The van der Waals surface area contributed by atoms with Gasteiger partial charge >= 0.3 is 0 Å². The quantitative estimate of drug-likeness (QED) is 0.694. The zero-order chi connectivity index (χ0) is 12.7. The van der Waals surface area contributed by atoms with Crippen LogP contribution in [0.1, 0.15) is 13.8 Å². The molecular formula is C10H19N3O3S. The van der Waals surface area contributed by atoms with Gasteiger partial charge in [-0.1, -0.05) is 0 Å². The second kappa shape index (κ2) is 4.22. The van der Waals surface area contributed by atoms with Gasteiger partial charge in [0.1, 0.15) is 0 Å². The summed E-state index contributed by atoms with van der Waals surface area (Å²) in [5, 5.41) is 3.23. The van der Waals surface area contributed by atoms with E-state index >= 15 is 0 Å². The number of nitrogens with zero attached hydrogens (tertiary/aromatic N) is 2. The summed E-state index contributed by atoms with van der Waals surface area (Å²) in [6, 6.07) is 0. The van der Waals surface area contributed by atoms with Crippen LogP contribution >= 0.6 is 0 Å². The van der Waals surface area contributed by atoms with Crippen LogP contribution in [0.25, 0.3) is 0 Å². The van der Waals surface area contributed by atoms with Gasteiger partial charge < -0.3 is 5.32 Å². The van der Waals surface area contributed by atoms with Crippen molar-refractivity contribution in [3.63, 3.8) is 0 Å². The minimum Gasteiger partial charge on any atom is -0.314 e. The monoisotopic (exact) mass is 261 g/mol. The van der Waals surface area contributed by atoms with Gasteiger partial charge in [0, 0.05) is 39.3 Å². The van der Waals surface area contributed by atoms with Crippen molar-refractivity contribution in [3.8, 4) is 0 Å². The molecule has 0 aromatic carbocycles. The Labute approximate surface area is 102 Å². The zero-order valence-electron chi connectivity index (χ0n) is 10.3. The third-order valence-electron chi connectivity index (χ3n) is 3.51. The predicted octanol–water partition coefficient (Wildman–Crippen LogP) is -1.16. The van der Waals surface area contributed by atoms with Crippen molar-refractivity contribution in [3.05, 3.63) is 0 Å². The predicted molar refractivity (Wildman–Crippen MR) is 64.0 cm³/mol. The Hall–Kier alpha value is -0.660. The number of hydrogen-bond acceptors (Lipinski definition) is 5. The van der Waals surface area contributed by atoms with Crippen LogP contribution in [0.4, 0.5) is 0 Å². The fraction of sp³-hybridized carbons (Fsp3) is 0.900. The lowest BCUT2D eigenvalue weighted by Crippen LogP contribution is -2.68. The van der Waals surface area contributed by atoms with E-state index in [1.54, 1.807) is 0 Å². The van der Waals surface area contributed by atoms with Gasteiger partial charge in [0.05, 0.1) is 0 Å². The van der Waals surface area contributed by atoms with Crippen molar-refractivity contribution in [2.45, 2.75) is 18.6 Å². The molecule has 7 heteroatoms. The van der Waals surface area contributed by atoms with Crippen LogP contribution in [-0.2, 0) is 14.8 Å². The lowest BCUT2D eigenvalue weighted by atomic mass is 10.2. The molecule has 0 spiro atoms. The third kappa shape index (κ3) is 1.96. The van der Waals surface area contributed by atoms with Crippen LogP contribution in [0.3, 0.4) is 0 Å². The molecular weight excluding hydrogens is 242 g/mol. The summed E-state index contributed by atoms with van der Waals surface area (Å²) < 4.78 is 23.4. The number of carbonyl (C=O) groups excluding carboxylic acids is 1. The van der Waals surface area contributed by atoms with E-state index in [0.717, 1.165) is 30.5 Å². The summed E-state index contributed by atoms with van der Waals surface area (Å²) in [5.41, 5.74) is 0. The second-order valence-corrected chi connectivity index (χ2v) is 7.40. The normalized spacial score (nSPS) is 27.9. The molecule has 6 nitrogen and oxygen atoms in total. The molecule has 1 amide bonds. The van der Waals surface area contributed by atoms with Crippen molar-refractivity contribution in [1.29, 1.82) is 0 Å². The maximum atomic E-state index is 11.8. The largest absolute Gasteiger partial charge is 0.314 e. The van der Waals surface area contributed by atoms with Crippen LogP contribution in [0.15, 0.2) is 0 Å². The summed E-state index contributed by atoms with van der Waals surface area (Å²) in [6.07, 6.45) is 0. The standard InChI is InChI=1S/C10H19N3O3S/c1-10(2)9(14)13(17(10,15)16)8-7-12-5-3-11-4-6-12/h11H,3-8H2,1-2H3. The van der Waals surface area contributed by atoms with Gasteiger partial charge in [-0.05, 0) is 13.8 Å². The SMILES string of the molecule is CC1(C)C(=O)N(CCN2CCNCC2)S1(=O)=O. The van der Waals surface area contributed by atoms with E-state index in [4.69, 9.17) is 0 Å². The van der Waals surface area contributed by atoms with Crippen LogP contribution in [0.2, 0.25) is 0 Å². The molecule has 0 radical (unpaired) electrons. The molecule has 0 saturated carbocycles. The fourth-order valence-corrected chi connectivity index (χ4v) is 3.66. The molecule has 2 rings (SSSR count). The van der Waals surface area contributed by atoms with Crippen molar-refractivity contribution >= 4 is 15.9 Å². The first-order valence-electron chi connectivity index (χ1n) is 5.87. The van der Waals surface area contributed by atoms with E-state index in [1.165, 1.54) is 13.8 Å². The molecule has 98 valence electrons. The third-order valence-corrected chi connectivity index (χ3v) is 5.90. The van der Waals surface area contributed by atoms with Crippen molar-refractivity contribution in [1.82, 2.24) is 14.5 Å². The van der Waals surface area contributed by atoms with Gasteiger partial charge in [0.15, 0.2) is 4.75 Å². The Morgan fingerprint density at radius 2 is 1.82 bits per heavy atom. The zero-order valence-corrected chi connectivity index (χ0v) is 11.1. The van der Waals surface area contributed by atoms with Crippen molar-refractivity contribution in [2.75, 3.05) is 39.3 Å². The van der Waals surface area contributed by atoms with Gasteiger partial charge in [-0.15, -0.1) is 0 Å². The average Bonchev–Trinajstić information content (AvgIpc) is 2.29. The molecule has 0 atom stereocenters. The molecule has 2 aliphatic rings. The lowest BCUT2D eigenvalue weighted by molar-refractivity contribution is -0.132. The molecule has 2 heterocycles. The average molecular weight is 261 g/mol. The second-order valence-electron chi connectivity index (χ2n) is 4.98. The molecule has 17 heavy (non-hydrogen) atoms. The number of piperazine rings is 1. The molecule has 2 fully saturated rings. The highest BCUT2D eigenvalue weighted by Gasteiger charge is 2.59. The van der Waals surface area contributed by atoms with E-state index in [-0.39, 0.29) is 12.5 Å². The number of amides is 1. The summed E-state index contributed by atoms with van der Waals surface area (Å²) in [4.78, 5) is 13.9. The van der Waals surface area contributed by atoms with E-state index in [1.807, 2.05) is 0 Å². The molecule has 0 unspecified atom stereocenters. The first-order valence-corrected chi connectivity index (χ1v) is 7.31. The maximum Gasteiger partial charge on any atom is 0.258 e. The van der Waals surface area contributed by atoms with Crippen LogP contribution in [-0.4, -0.2) is 67.5 Å². The van der Waals surface area contributed by atoms with Crippen LogP contribution in [0.5, 0.6) is 0 Å². The highest BCUT2D eigenvalue weighted by Crippen LogP contribution is 2.34. The Morgan fingerprint density at radius 3 is 2.35 bits per heavy atom. The molecule has 0 aliphatic carbocycles. The molecule has 2 aliphatic heterocycles. The smallest absolute Gasteiger partial charge is 0.258 e. The van der Waals surface area contributed by atoms with Gasteiger partial charge in [0.25, 0.3) is 15.9 Å². The Bertz CT molecular complexity index is 413. The van der Waals surface area contributed by atoms with Crippen LogP contribution in [0, 0.1) is 0 Å². The van der Waals surface area contributed by atoms with E-state index in [0.29, 0.717) is 6.54 Å². The maximum absolute atomic E-state index is 11.8. The summed E-state index contributed by atoms with van der Waals surface area (Å²) in [7, 11) is -3.41. The molecule has 0 aromatic heterocycles. The van der Waals surface area contributed by atoms with E-state index in [2.05, 4.69) is 10.2 Å². The highest BCUT2D eigenvalue weighted by molar-refractivity contribution is 7.94. The Kier molecular flexibility index (Phi) is 3.17. The van der Waals surface area contributed by atoms with Gasteiger partial charge in [-0.3, -0.25) is 9.69 Å². The minimum absolute atomic E-state index is 0.282. The molecule has 2 saturated heterocycles. The summed E-state index contributed by atoms with van der Waals surface area (Å²) >= 11 is 0. The van der Waals surface area contributed by atoms with Gasteiger partial charge in [0.2, 0.25) is 0 Å². The highest BCUT2D eigenvalue weighted by atomic mass is 32.2. The topological polar surface area (TPSA) is 69.7 Å². The number of sulfonamides is 1. The van der Waals surface area contributed by atoms with Crippen molar-refractivity contribution < 1.29 is 13.2 Å². The minimum atomic E-state index is -3.41.